The highest BCUT2D eigenvalue weighted by Gasteiger charge is 2.35. The average Bonchev–Trinajstić information content (AvgIpc) is 2.53. The van der Waals surface area contributed by atoms with Crippen LogP contribution in [0.3, 0.4) is 0 Å². The van der Waals surface area contributed by atoms with E-state index < -0.39 is 69.2 Å². The van der Waals surface area contributed by atoms with Crippen LogP contribution in [0.1, 0.15) is 17.9 Å². The minimum absolute atomic E-state index is 0.561. The fourth-order valence-electron chi connectivity index (χ4n) is 1.00. The van der Waals surface area contributed by atoms with Gasteiger partial charge in [-0.1, -0.05) is 47.9 Å². The lowest BCUT2D eigenvalue weighted by molar-refractivity contribution is 0.770. The molecule has 0 amide bonds. The van der Waals surface area contributed by atoms with Gasteiger partial charge in [0.25, 0.3) is 0 Å². The van der Waals surface area contributed by atoms with Crippen LogP contribution in [0.2, 0.25) is 0 Å². The highest BCUT2D eigenvalue weighted by atomic mass is 35.5. The molecule has 0 heterocycles. The quantitative estimate of drug-likeness (QED) is 0.662. The van der Waals surface area contributed by atoms with E-state index in [1.165, 1.54) is 0 Å². The molecule has 0 N–H and O–H groups in total. The second-order valence-electron chi connectivity index (χ2n) is 2.66. The molecule has 0 nitrogen and oxygen atoms in total. The van der Waals surface area contributed by atoms with Crippen molar-refractivity contribution in [2.24, 2.45) is 0 Å². The molecule has 0 saturated carbocycles. The molecule has 0 saturated heterocycles. The Balaban J connectivity index is 3.01. The van der Waals surface area contributed by atoms with Crippen LogP contribution in [0.15, 0.2) is 53.4 Å². The molecule has 0 spiro atoms. The summed E-state index contributed by atoms with van der Waals surface area (Å²) >= 11 is 18.1. The van der Waals surface area contributed by atoms with Gasteiger partial charge in [0.05, 0.1) is 17.7 Å². The highest BCUT2D eigenvalue weighted by Crippen LogP contribution is 2.41. The number of hydrogen-bond acceptors (Lipinski definition) is 0. The van der Waals surface area contributed by atoms with E-state index in [0.717, 1.165) is 0 Å². The maximum absolute atomic E-state index is 8.19. The third-order valence-electron chi connectivity index (χ3n) is 1.71. The van der Waals surface area contributed by atoms with Gasteiger partial charge in [-0.25, -0.2) is 0 Å². The number of allylic oxidation sites excluding steroid dienone is 4. The van der Waals surface area contributed by atoms with Crippen molar-refractivity contribution in [3.05, 3.63) is 59.0 Å². The molecule has 1 aromatic carbocycles. The van der Waals surface area contributed by atoms with Crippen molar-refractivity contribution >= 4 is 34.8 Å². The third kappa shape index (κ3) is 2.08. The van der Waals surface area contributed by atoms with Gasteiger partial charge >= 0.3 is 0 Å². The van der Waals surface area contributed by atoms with Crippen molar-refractivity contribution in [3.8, 4) is 0 Å². The Kier molecular flexibility index (Phi) is 1.25. The Labute approximate surface area is 117 Å². The Morgan fingerprint density at radius 3 is 2.67 bits per heavy atom. The molecular formula is C12H9Cl3. The molecule has 0 aliphatic heterocycles. The zero-order valence-electron chi connectivity index (χ0n) is 16.1. The van der Waals surface area contributed by atoms with E-state index in [-0.39, 0.29) is 0 Å². The Bertz CT molecular complexity index is 785. The molecule has 1 aromatic rings. The second kappa shape index (κ2) is 4.21. The van der Waals surface area contributed by atoms with Crippen molar-refractivity contribution in [3.63, 3.8) is 0 Å². The summed E-state index contributed by atoms with van der Waals surface area (Å²) in [4.78, 5) is -2.56. The lowest BCUT2D eigenvalue weighted by Gasteiger charge is -2.29. The Morgan fingerprint density at radius 1 is 1.33 bits per heavy atom. The van der Waals surface area contributed by atoms with Crippen LogP contribution in [0.4, 0.5) is 0 Å². The first-order valence-corrected chi connectivity index (χ1v) is 4.95. The van der Waals surface area contributed by atoms with E-state index >= 15 is 0 Å². The largest absolute Gasteiger partial charge is 0.116 e. The SMILES string of the molecule is [2H]C1=C([2H])C(Cl)(c2c([2H])c([2H])c([2H])c([2H])c2[2H])C([2H])(Cl)C([2H])=C1Cl. The van der Waals surface area contributed by atoms with Crippen LogP contribution in [-0.4, -0.2) is 5.35 Å². The Morgan fingerprint density at radius 2 is 2.00 bits per heavy atom. The van der Waals surface area contributed by atoms with Crippen molar-refractivity contribution in [1.29, 1.82) is 0 Å². The summed E-state index contributed by atoms with van der Waals surface area (Å²) in [5, 5.41) is -3.21. The van der Waals surface area contributed by atoms with E-state index in [9.17, 15) is 0 Å². The number of rotatable bonds is 1. The minimum atomic E-state index is -2.65. The molecule has 1 aliphatic rings. The van der Waals surface area contributed by atoms with Crippen LogP contribution in [0.5, 0.6) is 0 Å². The predicted molar refractivity (Wildman–Crippen MR) is 66.7 cm³/mol. The first-order valence-electron chi connectivity index (χ1n) is 8.32. The number of hydrogen-bond donors (Lipinski definition) is 0. The second-order valence-corrected chi connectivity index (χ2v) is 3.98. The standard InChI is InChI=1S/C12H9Cl3/c13-10-6-7-12(15,11(14)8-10)9-4-2-1-3-5-9/h1-8,11H/i1D,2D,3D,4D,5D,6D,7D,8D,11D. The monoisotopic (exact) mass is 267 g/mol. The van der Waals surface area contributed by atoms with Crippen molar-refractivity contribution in [2.75, 3.05) is 0 Å². The fourth-order valence-corrected chi connectivity index (χ4v) is 1.62. The Hall–Kier alpha value is -0.430. The van der Waals surface area contributed by atoms with Gasteiger partial charge < -0.3 is 0 Å². The topological polar surface area (TPSA) is 0 Å². The number of halogens is 3. The molecule has 3 heteroatoms. The summed E-state index contributed by atoms with van der Waals surface area (Å²) in [5.74, 6) is 0. The van der Waals surface area contributed by atoms with Gasteiger partial charge in [-0.15, -0.1) is 23.2 Å². The zero-order valence-corrected chi connectivity index (χ0v) is 9.40. The van der Waals surface area contributed by atoms with Crippen LogP contribution in [0.25, 0.3) is 0 Å². The zero-order chi connectivity index (χ0) is 18.8. The minimum Gasteiger partial charge on any atom is -0.116 e. The van der Waals surface area contributed by atoms with Gasteiger partial charge in [0.2, 0.25) is 0 Å². The van der Waals surface area contributed by atoms with Crippen molar-refractivity contribution in [1.82, 2.24) is 0 Å². The van der Waals surface area contributed by atoms with E-state index in [1.807, 2.05) is 0 Å². The molecular weight excluding hydrogens is 250 g/mol. The van der Waals surface area contributed by atoms with E-state index in [1.54, 1.807) is 0 Å². The van der Waals surface area contributed by atoms with E-state index in [4.69, 9.17) is 47.1 Å². The maximum Gasteiger partial charge on any atom is 0.108 e. The molecule has 78 valence electrons. The average molecular weight is 269 g/mol. The van der Waals surface area contributed by atoms with Crippen LogP contribution < -0.4 is 0 Å². The van der Waals surface area contributed by atoms with E-state index in [0.29, 0.717) is 0 Å². The van der Waals surface area contributed by atoms with Crippen molar-refractivity contribution < 1.29 is 12.3 Å². The summed E-state index contributed by atoms with van der Waals surface area (Å²) in [6.07, 6.45) is 0. The van der Waals surface area contributed by atoms with Crippen molar-refractivity contribution in [2.45, 2.75) is 10.2 Å². The van der Waals surface area contributed by atoms with Gasteiger partial charge in [-0.2, -0.15) is 0 Å². The van der Waals surface area contributed by atoms with Gasteiger partial charge in [0, 0.05) is 5.03 Å². The third-order valence-corrected chi connectivity index (χ3v) is 2.85. The first kappa shape index (κ1) is 4.44. The van der Waals surface area contributed by atoms with Crippen LogP contribution >= 0.6 is 34.8 Å². The summed E-state index contributed by atoms with van der Waals surface area (Å²) in [5.41, 5.74) is -0.649. The highest BCUT2D eigenvalue weighted by molar-refractivity contribution is 6.37. The molecule has 2 atom stereocenters. The fraction of sp³-hybridized carbons (Fsp3) is 0.167. The summed E-state index contributed by atoms with van der Waals surface area (Å²) in [7, 11) is 0. The molecule has 1 aliphatic carbocycles. The van der Waals surface area contributed by atoms with Gasteiger partial charge in [0.15, 0.2) is 0 Å². The predicted octanol–water partition coefficient (Wildman–Crippen LogP) is 4.42. The van der Waals surface area contributed by atoms with Crippen LogP contribution in [-0.2, 0) is 4.87 Å². The van der Waals surface area contributed by atoms with E-state index in [2.05, 4.69) is 0 Å². The first-order chi connectivity index (χ1) is 10.8. The molecule has 0 radical (unpaired) electrons. The smallest absolute Gasteiger partial charge is 0.108 e. The normalized spacial score (nSPS) is 45.4. The number of benzene rings is 1. The van der Waals surface area contributed by atoms with Crippen LogP contribution in [0, 0.1) is 0 Å². The molecule has 0 bridgehead atoms. The lowest BCUT2D eigenvalue weighted by atomic mass is 9.91. The molecule has 2 unspecified atom stereocenters. The summed E-state index contributed by atoms with van der Waals surface area (Å²) in [6, 6.07) is -6.01. The summed E-state index contributed by atoms with van der Waals surface area (Å²) < 4.78 is 70.8. The maximum atomic E-state index is 8.19. The molecule has 0 aromatic heterocycles. The lowest BCUT2D eigenvalue weighted by Crippen LogP contribution is -2.28. The van der Waals surface area contributed by atoms with Gasteiger partial charge in [-0.05, 0) is 17.7 Å². The molecule has 15 heavy (non-hydrogen) atoms. The van der Waals surface area contributed by atoms with Gasteiger partial charge in [0.1, 0.15) is 4.87 Å². The molecule has 0 fully saturated rings. The number of alkyl halides is 2. The van der Waals surface area contributed by atoms with Gasteiger partial charge in [-0.3, -0.25) is 0 Å². The summed E-state index contributed by atoms with van der Waals surface area (Å²) in [6.45, 7) is 0. The molecule has 2 rings (SSSR count).